The molecule has 4 aromatic carbocycles. The number of carboxylic acid groups (broad SMARTS) is 1. The van der Waals surface area contributed by atoms with E-state index in [2.05, 4.69) is 29.6 Å². The summed E-state index contributed by atoms with van der Waals surface area (Å²) in [5.74, 6) is -1.68. The smallest absolute Gasteiger partial charge is 0.326 e. The zero-order valence-electron chi connectivity index (χ0n) is 20.6. The lowest BCUT2D eigenvalue weighted by atomic mass is 9.96. The summed E-state index contributed by atoms with van der Waals surface area (Å²) < 4.78 is 0. The number of carbonyl (C=O) groups is 3. The summed E-state index contributed by atoms with van der Waals surface area (Å²) in [5.41, 5.74) is 3.93. The van der Waals surface area contributed by atoms with E-state index in [0.717, 1.165) is 44.8 Å². The summed E-state index contributed by atoms with van der Waals surface area (Å²) in [6.07, 6.45) is 0.591. The van der Waals surface area contributed by atoms with Crippen molar-refractivity contribution in [2.45, 2.75) is 25.8 Å². The van der Waals surface area contributed by atoms with E-state index in [1.165, 1.54) is 6.92 Å². The number of aliphatic carboxylic acids is 1. The highest BCUT2D eigenvalue weighted by Crippen LogP contribution is 2.29. The molecule has 188 valence electrons. The maximum Gasteiger partial charge on any atom is 0.326 e. The van der Waals surface area contributed by atoms with E-state index in [-0.39, 0.29) is 17.4 Å². The molecule has 1 unspecified atom stereocenters. The fraction of sp³-hybridized carbons (Fsp3) is 0.194. The van der Waals surface area contributed by atoms with Gasteiger partial charge in [0.05, 0.1) is 5.92 Å². The van der Waals surface area contributed by atoms with Crippen LogP contribution in [0.4, 0.5) is 0 Å². The number of carbonyl (C=O) groups excluding carboxylic acids is 2. The first-order valence-corrected chi connectivity index (χ1v) is 13.2. The molecule has 4 aromatic rings. The average molecular weight is 512 g/mol. The molecule has 5 nitrogen and oxygen atoms in total. The topological polar surface area (TPSA) is 83.5 Å². The van der Waals surface area contributed by atoms with Gasteiger partial charge >= 0.3 is 5.97 Å². The second kappa shape index (κ2) is 12.4. The fourth-order valence-electron chi connectivity index (χ4n) is 4.37. The van der Waals surface area contributed by atoms with Crippen LogP contribution in [-0.4, -0.2) is 33.9 Å². The summed E-state index contributed by atoms with van der Waals surface area (Å²) >= 11 is 1.08. The Morgan fingerprint density at radius 3 is 2.14 bits per heavy atom. The molecule has 2 N–H and O–H groups in total. The molecule has 0 saturated carbocycles. The number of nitrogens with one attached hydrogen (secondary N) is 1. The van der Waals surface area contributed by atoms with E-state index < -0.39 is 17.9 Å². The van der Waals surface area contributed by atoms with E-state index in [1.54, 1.807) is 0 Å². The monoisotopic (exact) mass is 511 g/mol. The van der Waals surface area contributed by atoms with E-state index >= 15 is 0 Å². The van der Waals surface area contributed by atoms with Crippen LogP contribution in [0.5, 0.6) is 0 Å². The van der Waals surface area contributed by atoms with Crippen LogP contribution < -0.4 is 5.32 Å². The van der Waals surface area contributed by atoms with Crippen molar-refractivity contribution in [3.8, 4) is 11.1 Å². The Kier molecular flexibility index (Phi) is 8.75. The van der Waals surface area contributed by atoms with Crippen LogP contribution in [0.25, 0.3) is 21.9 Å². The second-order valence-corrected chi connectivity index (χ2v) is 10.2. The first-order valence-electron chi connectivity index (χ1n) is 12.2. The Hall–Kier alpha value is -3.90. The first-order chi connectivity index (χ1) is 17.9. The molecule has 0 heterocycles. The van der Waals surface area contributed by atoms with Crippen LogP contribution in [0.15, 0.2) is 97.1 Å². The van der Waals surface area contributed by atoms with Crippen LogP contribution in [0.2, 0.25) is 0 Å². The van der Waals surface area contributed by atoms with Crippen molar-refractivity contribution in [2.75, 3.05) is 5.75 Å². The van der Waals surface area contributed by atoms with Crippen LogP contribution in [-0.2, 0) is 27.2 Å². The molecule has 2 atom stereocenters. The van der Waals surface area contributed by atoms with Crippen molar-refractivity contribution in [2.24, 2.45) is 5.92 Å². The summed E-state index contributed by atoms with van der Waals surface area (Å²) in [4.78, 5) is 36.7. The number of rotatable bonds is 10. The van der Waals surface area contributed by atoms with Crippen molar-refractivity contribution in [3.05, 3.63) is 108 Å². The number of thioether (sulfide) groups is 1. The number of hydrogen-bond acceptors (Lipinski definition) is 4. The molecule has 37 heavy (non-hydrogen) atoms. The Morgan fingerprint density at radius 1 is 0.784 bits per heavy atom. The quantitative estimate of drug-likeness (QED) is 0.283. The molecule has 0 bridgehead atoms. The molecular weight excluding hydrogens is 482 g/mol. The molecular formula is C31H29NO4S. The summed E-state index contributed by atoms with van der Waals surface area (Å²) in [7, 11) is 0. The van der Waals surface area contributed by atoms with Gasteiger partial charge in [-0.1, -0.05) is 109 Å². The van der Waals surface area contributed by atoms with Gasteiger partial charge in [0.1, 0.15) is 6.04 Å². The maximum atomic E-state index is 13.1. The third-order valence-corrected chi connectivity index (χ3v) is 7.27. The average Bonchev–Trinajstić information content (AvgIpc) is 2.91. The van der Waals surface area contributed by atoms with Gasteiger partial charge in [-0.15, -0.1) is 0 Å². The highest BCUT2D eigenvalue weighted by Gasteiger charge is 2.26. The van der Waals surface area contributed by atoms with Gasteiger partial charge in [-0.25, -0.2) is 4.79 Å². The predicted molar refractivity (Wildman–Crippen MR) is 149 cm³/mol. The van der Waals surface area contributed by atoms with Gasteiger partial charge in [0, 0.05) is 19.1 Å². The van der Waals surface area contributed by atoms with E-state index in [9.17, 15) is 19.5 Å². The SMILES string of the molecule is CC(=O)SCC(Cc1ccccc1)C(=O)N[C@@H](Cc1ccc(-c2cccc3ccccc23)cc1)C(=O)O. The zero-order valence-corrected chi connectivity index (χ0v) is 21.4. The lowest BCUT2D eigenvalue weighted by molar-refractivity contribution is -0.142. The van der Waals surface area contributed by atoms with Crippen molar-refractivity contribution in [1.29, 1.82) is 0 Å². The minimum atomic E-state index is -1.09. The maximum absolute atomic E-state index is 13.1. The Morgan fingerprint density at radius 2 is 1.43 bits per heavy atom. The minimum absolute atomic E-state index is 0.0769. The number of fused-ring (bicyclic) bond motifs is 1. The van der Waals surface area contributed by atoms with Gasteiger partial charge in [-0.3, -0.25) is 9.59 Å². The van der Waals surface area contributed by atoms with Crippen molar-refractivity contribution in [1.82, 2.24) is 5.32 Å². The summed E-state index contributed by atoms with van der Waals surface area (Å²) in [6, 6.07) is 30.6. The molecule has 0 aromatic heterocycles. The summed E-state index contributed by atoms with van der Waals surface area (Å²) in [6.45, 7) is 1.46. The van der Waals surface area contributed by atoms with Crippen LogP contribution in [0, 0.1) is 5.92 Å². The highest BCUT2D eigenvalue weighted by molar-refractivity contribution is 8.13. The third kappa shape index (κ3) is 7.08. The number of benzene rings is 4. The van der Waals surface area contributed by atoms with Gasteiger partial charge in [0.2, 0.25) is 5.91 Å². The van der Waals surface area contributed by atoms with Crippen LogP contribution in [0.1, 0.15) is 18.1 Å². The van der Waals surface area contributed by atoms with E-state index in [1.807, 2.05) is 72.8 Å². The first kappa shape index (κ1) is 26.2. The number of amides is 1. The Balaban J connectivity index is 1.47. The molecule has 0 aliphatic rings. The molecule has 0 radical (unpaired) electrons. The van der Waals surface area contributed by atoms with Gasteiger partial charge in [-0.2, -0.15) is 0 Å². The van der Waals surface area contributed by atoms with E-state index in [4.69, 9.17) is 0 Å². The normalized spacial score (nSPS) is 12.6. The molecule has 0 aliphatic heterocycles. The Labute approximate surface area is 220 Å². The fourth-order valence-corrected chi connectivity index (χ4v) is 5.07. The van der Waals surface area contributed by atoms with Crippen molar-refractivity contribution >= 4 is 39.5 Å². The molecule has 0 fully saturated rings. The molecule has 4 rings (SSSR count). The molecule has 0 spiro atoms. The zero-order chi connectivity index (χ0) is 26.2. The highest BCUT2D eigenvalue weighted by atomic mass is 32.2. The Bertz CT molecular complexity index is 1380. The number of carboxylic acids is 1. The van der Waals surface area contributed by atoms with Gasteiger partial charge in [-0.05, 0) is 39.4 Å². The summed E-state index contributed by atoms with van der Waals surface area (Å²) in [5, 5.41) is 14.8. The predicted octanol–water partition coefficient (Wildman–Crippen LogP) is 5.76. The molecule has 0 aliphatic carbocycles. The largest absolute Gasteiger partial charge is 0.480 e. The van der Waals surface area contributed by atoms with Gasteiger partial charge in [0.25, 0.3) is 0 Å². The van der Waals surface area contributed by atoms with Crippen molar-refractivity contribution < 1.29 is 19.5 Å². The lowest BCUT2D eigenvalue weighted by Crippen LogP contribution is -2.46. The van der Waals surface area contributed by atoms with Crippen molar-refractivity contribution in [3.63, 3.8) is 0 Å². The van der Waals surface area contributed by atoms with Gasteiger partial charge < -0.3 is 10.4 Å². The second-order valence-electron chi connectivity index (χ2n) is 9.02. The minimum Gasteiger partial charge on any atom is -0.480 e. The molecule has 0 saturated heterocycles. The lowest BCUT2D eigenvalue weighted by Gasteiger charge is -2.20. The van der Waals surface area contributed by atoms with Crippen LogP contribution in [0.3, 0.4) is 0 Å². The molecule has 6 heteroatoms. The van der Waals surface area contributed by atoms with Crippen LogP contribution >= 0.6 is 11.8 Å². The standard InChI is InChI=1S/C31H29NO4S/c1-21(33)37-20-26(18-22-8-3-2-4-9-22)30(34)32-29(31(35)36)19-23-14-16-25(17-15-23)28-13-7-11-24-10-5-6-12-27(24)28/h2-17,26,29H,18-20H2,1H3,(H,32,34)(H,35,36)/t26?,29-/m0/s1. The van der Waals surface area contributed by atoms with Gasteiger partial charge in [0.15, 0.2) is 5.12 Å². The third-order valence-electron chi connectivity index (χ3n) is 6.29. The number of hydrogen-bond donors (Lipinski definition) is 2. The van der Waals surface area contributed by atoms with E-state index in [0.29, 0.717) is 12.2 Å². The molecule has 1 amide bonds.